The van der Waals surface area contributed by atoms with E-state index in [1.807, 2.05) is 4.40 Å². The SMILES string of the molecule is CN1CCN(c2nnc3cncc(OCCc4ccc(F)c(F)c4)n23)CC1. The minimum atomic E-state index is -0.854. The summed E-state index contributed by atoms with van der Waals surface area (Å²) in [4.78, 5) is 8.58. The third kappa shape index (κ3) is 3.68. The Morgan fingerprint density at radius 1 is 1.04 bits per heavy atom. The number of anilines is 1. The number of fused-ring (bicyclic) bond motifs is 1. The van der Waals surface area contributed by atoms with Crippen molar-refractivity contribution in [3.63, 3.8) is 0 Å². The highest BCUT2D eigenvalue weighted by molar-refractivity contribution is 5.48. The lowest BCUT2D eigenvalue weighted by Gasteiger charge is -2.32. The van der Waals surface area contributed by atoms with Gasteiger partial charge in [0.15, 0.2) is 17.3 Å². The van der Waals surface area contributed by atoms with Crippen molar-refractivity contribution in [2.75, 3.05) is 44.7 Å². The minimum Gasteiger partial charge on any atom is -0.477 e. The maximum Gasteiger partial charge on any atom is 0.234 e. The third-order valence-corrected chi connectivity index (χ3v) is 4.68. The van der Waals surface area contributed by atoms with Crippen LogP contribution in [-0.4, -0.2) is 64.3 Å². The van der Waals surface area contributed by atoms with Crippen molar-refractivity contribution in [2.45, 2.75) is 6.42 Å². The summed E-state index contributed by atoms with van der Waals surface area (Å²) in [6, 6.07) is 3.86. The lowest BCUT2D eigenvalue weighted by atomic mass is 10.1. The van der Waals surface area contributed by atoms with E-state index < -0.39 is 11.6 Å². The molecule has 142 valence electrons. The molecule has 0 aliphatic carbocycles. The largest absolute Gasteiger partial charge is 0.477 e. The Hall–Kier alpha value is -2.81. The molecule has 3 aromatic rings. The molecule has 1 saturated heterocycles. The second-order valence-corrected chi connectivity index (χ2v) is 6.58. The Labute approximate surface area is 155 Å². The average Bonchev–Trinajstić information content (AvgIpc) is 3.10. The number of nitrogens with zero attached hydrogens (tertiary/aromatic N) is 6. The number of benzene rings is 1. The van der Waals surface area contributed by atoms with Crippen LogP contribution in [0, 0.1) is 11.6 Å². The van der Waals surface area contributed by atoms with E-state index in [2.05, 4.69) is 32.0 Å². The van der Waals surface area contributed by atoms with E-state index in [9.17, 15) is 8.78 Å². The first-order chi connectivity index (χ1) is 13.1. The summed E-state index contributed by atoms with van der Waals surface area (Å²) >= 11 is 0. The van der Waals surface area contributed by atoms with Crippen LogP contribution in [0.25, 0.3) is 5.65 Å². The summed E-state index contributed by atoms with van der Waals surface area (Å²) in [6.07, 6.45) is 3.69. The number of piperazine rings is 1. The van der Waals surface area contributed by atoms with Gasteiger partial charge < -0.3 is 14.5 Å². The lowest BCUT2D eigenvalue weighted by Crippen LogP contribution is -2.45. The van der Waals surface area contributed by atoms with Gasteiger partial charge in [0.1, 0.15) is 0 Å². The van der Waals surface area contributed by atoms with Gasteiger partial charge >= 0.3 is 0 Å². The monoisotopic (exact) mass is 374 g/mol. The first-order valence-corrected chi connectivity index (χ1v) is 8.81. The number of rotatable bonds is 5. The van der Waals surface area contributed by atoms with E-state index in [-0.39, 0.29) is 0 Å². The second-order valence-electron chi connectivity index (χ2n) is 6.58. The molecule has 1 aliphatic rings. The zero-order valence-corrected chi connectivity index (χ0v) is 15.0. The molecule has 4 rings (SSSR count). The molecule has 1 aromatic carbocycles. The van der Waals surface area contributed by atoms with Crippen LogP contribution < -0.4 is 9.64 Å². The van der Waals surface area contributed by atoms with Crippen molar-refractivity contribution in [1.82, 2.24) is 24.5 Å². The van der Waals surface area contributed by atoms with E-state index in [1.165, 1.54) is 6.07 Å². The van der Waals surface area contributed by atoms with Crippen molar-refractivity contribution in [1.29, 1.82) is 0 Å². The molecule has 0 N–H and O–H groups in total. The van der Waals surface area contributed by atoms with Gasteiger partial charge in [-0.25, -0.2) is 13.2 Å². The summed E-state index contributed by atoms with van der Waals surface area (Å²) in [5.74, 6) is -0.459. The molecule has 0 unspecified atom stereocenters. The predicted octanol–water partition coefficient (Wildman–Crippen LogP) is 1.78. The zero-order valence-electron chi connectivity index (χ0n) is 15.0. The van der Waals surface area contributed by atoms with Crippen molar-refractivity contribution < 1.29 is 13.5 Å². The molecule has 2 aromatic heterocycles. The van der Waals surface area contributed by atoms with Gasteiger partial charge in [-0.15, -0.1) is 10.2 Å². The molecule has 0 saturated carbocycles. The van der Waals surface area contributed by atoms with Gasteiger partial charge in [0.2, 0.25) is 11.8 Å². The summed E-state index contributed by atoms with van der Waals surface area (Å²) in [5.41, 5.74) is 1.27. The van der Waals surface area contributed by atoms with E-state index in [0.29, 0.717) is 30.1 Å². The van der Waals surface area contributed by atoms with Crippen LogP contribution in [0.15, 0.2) is 30.6 Å². The maximum absolute atomic E-state index is 13.3. The van der Waals surface area contributed by atoms with E-state index in [4.69, 9.17) is 4.74 Å². The minimum absolute atomic E-state index is 0.298. The smallest absolute Gasteiger partial charge is 0.234 e. The zero-order chi connectivity index (χ0) is 18.8. The van der Waals surface area contributed by atoms with Gasteiger partial charge in [0, 0.05) is 32.6 Å². The Kier molecular flexibility index (Phi) is 4.85. The molecule has 27 heavy (non-hydrogen) atoms. The lowest BCUT2D eigenvalue weighted by molar-refractivity contribution is 0.299. The van der Waals surface area contributed by atoms with Gasteiger partial charge in [0.25, 0.3) is 0 Å². The molecule has 0 radical (unpaired) electrons. The van der Waals surface area contributed by atoms with Crippen LogP contribution in [-0.2, 0) is 6.42 Å². The topological polar surface area (TPSA) is 58.8 Å². The van der Waals surface area contributed by atoms with Crippen molar-refractivity contribution in [3.05, 3.63) is 47.8 Å². The number of halogens is 2. The summed E-state index contributed by atoms with van der Waals surface area (Å²) in [5, 5.41) is 8.49. The van der Waals surface area contributed by atoms with Gasteiger partial charge in [-0.2, -0.15) is 0 Å². The summed E-state index contributed by atoms with van der Waals surface area (Å²) in [7, 11) is 2.09. The standard InChI is InChI=1S/C18H20F2N6O/c1-24-5-7-25(8-6-24)18-23-22-16-11-21-12-17(26(16)18)27-9-4-13-2-3-14(19)15(20)10-13/h2-3,10-12H,4-9H2,1H3. The predicted molar refractivity (Wildman–Crippen MR) is 96.0 cm³/mol. The van der Waals surface area contributed by atoms with Gasteiger partial charge in [-0.05, 0) is 24.7 Å². The van der Waals surface area contributed by atoms with Crippen LogP contribution in [0.5, 0.6) is 5.88 Å². The van der Waals surface area contributed by atoms with Crippen LogP contribution in [0.1, 0.15) is 5.56 Å². The maximum atomic E-state index is 13.3. The molecule has 7 nitrogen and oxygen atoms in total. The number of hydrogen-bond acceptors (Lipinski definition) is 6. The van der Waals surface area contributed by atoms with E-state index in [0.717, 1.165) is 38.2 Å². The highest BCUT2D eigenvalue weighted by Crippen LogP contribution is 2.21. The number of likely N-dealkylation sites (N-methyl/N-ethyl adjacent to an activating group) is 1. The van der Waals surface area contributed by atoms with Gasteiger partial charge in [-0.1, -0.05) is 6.07 Å². The molecule has 1 fully saturated rings. The van der Waals surface area contributed by atoms with Crippen molar-refractivity contribution >= 4 is 11.6 Å². The molecular weight excluding hydrogens is 354 g/mol. The van der Waals surface area contributed by atoms with E-state index >= 15 is 0 Å². The Bertz CT molecular complexity index is 939. The molecule has 0 amide bonds. The van der Waals surface area contributed by atoms with Gasteiger partial charge in [-0.3, -0.25) is 4.98 Å². The number of ether oxygens (including phenoxy) is 1. The van der Waals surface area contributed by atoms with Crippen LogP contribution in [0.3, 0.4) is 0 Å². The fourth-order valence-corrected chi connectivity index (χ4v) is 3.09. The first-order valence-electron chi connectivity index (χ1n) is 8.81. The van der Waals surface area contributed by atoms with Gasteiger partial charge in [0.05, 0.1) is 19.0 Å². The fraction of sp³-hybridized carbons (Fsp3) is 0.389. The molecule has 3 heterocycles. The Balaban J connectivity index is 1.51. The quantitative estimate of drug-likeness (QED) is 0.679. The van der Waals surface area contributed by atoms with Crippen molar-refractivity contribution in [2.24, 2.45) is 0 Å². The van der Waals surface area contributed by atoms with Crippen LogP contribution in [0.2, 0.25) is 0 Å². The Morgan fingerprint density at radius 3 is 2.63 bits per heavy atom. The van der Waals surface area contributed by atoms with E-state index in [1.54, 1.807) is 18.5 Å². The third-order valence-electron chi connectivity index (χ3n) is 4.68. The van der Waals surface area contributed by atoms with Crippen LogP contribution >= 0.6 is 0 Å². The Morgan fingerprint density at radius 2 is 1.85 bits per heavy atom. The van der Waals surface area contributed by atoms with Crippen LogP contribution in [0.4, 0.5) is 14.7 Å². The molecule has 0 atom stereocenters. The number of aromatic nitrogens is 4. The molecule has 1 aliphatic heterocycles. The molecule has 9 heteroatoms. The molecule has 0 bridgehead atoms. The highest BCUT2D eigenvalue weighted by atomic mass is 19.2. The highest BCUT2D eigenvalue weighted by Gasteiger charge is 2.21. The average molecular weight is 374 g/mol. The normalized spacial score (nSPS) is 15.4. The fourth-order valence-electron chi connectivity index (χ4n) is 3.09. The first kappa shape index (κ1) is 17.6. The summed E-state index contributed by atoms with van der Waals surface area (Å²) < 4.78 is 34.1. The molecule has 0 spiro atoms. The molecular formula is C18H20F2N6O. The number of hydrogen-bond donors (Lipinski definition) is 0. The summed E-state index contributed by atoms with van der Waals surface area (Å²) in [6.45, 7) is 3.91. The second kappa shape index (κ2) is 7.43. The van der Waals surface area contributed by atoms with Crippen molar-refractivity contribution in [3.8, 4) is 5.88 Å².